The van der Waals surface area contributed by atoms with Crippen LogP contribution in [-0.4, -0.2) is 64.9 Å². The van der Waals surface area contributed by atoms with Crippen LogP contribution in [0.5, 0.6) is 5.75 Å². The molecule has 37 heavy (non-hydrogen) atoms. The Kier molecular flexibility index (Phi) is 8.13. The Labute approximate surface area is 219 Å². The second kappa shape index (κ2) is 11.7. The van der Waals surface area contributed by atoms with Crippen LogP contribution in [0.2, 0.25) is 0 Å². The minimum absolute atomic E-state index is 0.0150. The summed E-state index contributed by atoms with van der Waals surface area (Å²) in [4.78, 5) is 21.5. The van der Waals surface area contributed by atoms with Gasteiger partial charge >= 0.3 is 6.01 Å². The molecule has 0 radical (unpaired) electrons. The Bertz CT molecular complexity index is 1070. The van der Waals surface area contributed by atoms with Crippen LogP contribution in [-0.2, 0) is 4.79 Å². The van der Waals surface area contributed by atoms with Crippen molar-refractivity contribution in [3.63, 3.8) is 0 Å². The first-order valence-corrected chi connectivity index (χ1v) is 13.9. The summed E-state index contributed by atoms with van der Waals surface area (Å²) in [6.45, 7) is 7.53. The molecule has 2 fully saturated rings. The molecule has 2 saturated heterocycles. The van der Waals surface area contributed by atoms with Crippen molar-refractivity contribution in [2.75, 3.05) is 37.7 Å². The predicted molar refractivity (Wildman–Crippen MR) is 142 cm³/mol. The van der Waals surface area contributed by atoms with E-state index in [9.17, 15) is 9.90 Å². The van der Waals surface area contributed by atoms with Crippen LogP contribution in [0.15, 0.2) is 34.9 Å². The summed E-state index contributed by atoms with van der Waals surface area (Å²) < 4.78 is 11.6. The van der Waals surface area contributed by atoms with Crippen LogP contribution < -0.4 is 9.64 Å². The highest BCUT2D eigenvalue weighted by Gasteiger charge is 2.33. The molecule has 1 aromatic heterocycles. The van der Waals surface area contributed by atoms with Gasteiger partial charge in [-0.15, -0.1) is 0 Å². The number of anilines is 1. The van der Waals surface area contributed by atoms with Gasteiger partial charge < -0.3 is 24.2 Å². The van der Waals surface area contributed by atoms with Crippen molar-refractivity contribution in [2.45, 2.75) is 70.8 Å². The number of hydrogen-bond donors (Lipinski definition) is 1. The standard InChI is InChI=1S/C29H40N4O4/c1-20(2)27-30-29(37-31-27)32-16-13-21(14-17-32)19-36-26-11-9-23(10-12-26)22-5-7-24(8-6-22)28(35)33-15-3-4-25(33)18-34/h5,9-12,20-21,24-25,34H,3-4,6-8,13-19H2,1-2H3. The monoisotopic (exact) mass is 508 g/mol. The number of nitrogens with zero attached hydrogens (tertiary/aromatic N) is 4. The van der Waals surface area contributed by atoms with Crippen molar-refractivity contribution >= 4 is 17.5 Å². The number of ether oxygens (including phenoxy) is 1. The minimum atomic E-state index is 0.0150. The lowest BCUT2D eigenvalue weighted by atomic mass is 9.85. The van der Waals surface area contributed by atoms with Crippen molar-refractivity contribution in [3.8, 4) is 5.75 Å². The van der Waals surface area contributed by atoms with E-state index in [-0.39, 0.29) is 30.4 Å². The molecule has 1 aliphatic carbocycles. The number of rotatable bonds is 8. The van der Waals surface area contributed by atoms with E-state index in [1.54, 1.807) is 0 Å². The Morgan fingerprint density at radius 3 is 2.57 bits per heavy atom. The number of aliphatic hydroxyl groups excluding tert-OH is 1. The number of aromatic nitrogens is 2. The average Bonchev–Trinajstić information content (AvgIpc) is 3.63. The molecule has 1 amide bonds. The third kappa shape index (κ3) is 6.00. The molecular weight excluding hydrogens is 468 g/mol. The molecule has 2 aromatic rings. The molecule has 8 heteroatoms. The summed E-state index contributed by atoms with van der Waals surface area (Å²) in [5.74, 6) is 2.71. The molecule has 200 valence electrons. The number of carbonyl (C=O) groups is 1. The van der Waals surface area contributed by atoms with E-state index in [0.29, 0.717) is 18.5 Å². The van der Waals surface area contributed by atoms with Crippen molar-refractivity contribution in [1.29, 1.82) is 0 Å². The zero-order valence-electron chi connectivity index (χ0n) is 22.1. The van der Waals surface area contributed by atoms with Crippen LogP contribution >= 0.6 is 0 Å². The molecule has 0 spiro atoms. The van der Waals surface area contributed by atoms with Gasteiger partial charge in [0.1, 0.15) is 5.75 Å². The van der Waals surface area contributed by atoms with E-state index in [4.69, 9.17) is 9.26 Å². The van der Waals surface area contributed by atoms with Crippen LogP contribution in [0.4, 0.5) is 6.01 Å². The van der Waals surface area contributed by atoms with Gasteiger partial charge in [-0.1, -0.05) is 37.2 Å². The third-order valence-electron chi connectivity index (χ3n) is 8.17. The van der Waals surface area contributed by atoms with Gasteiger partial charge in [-0.25, -0.2) is 0 Å². The Hall–Kier alpha value is -2.87. The van der Waals surface area contributed by atoms with Gasteiger partial charge in [0.15, 0.2) is 5.82 Å². The molecule has 2 atom stereocenters. The van der Waals surface area contributed by atoms with Gasteiger partial charge in [0.05, 0.1) is 19.3 Å². The van der Waals surface area contributed by atoms with E-state index >= 15 is 0 Å². The normalized spacial score (nSPS) is 23.0. The fourth-order valence-corrected chi connectivity index (χ4v) is 5.73. The predicted octanol–water partition coefficient (Wildman–Crippen LogP) is 4.66. The number of allylic oxidation sites excluding steroid dienone is 2. The lowest BCUT2D eigenvalue weighted by Gasteiger charge is -2.30. The van der Waals surface area contributed by atoms with E-state index in [2.05, 4.69) is 59.2 Å². The van der Waals surface area contributed by atoms with E-state index in [1.165, 1.54) is 11.1 Å². The number of hydrogen-bond acceptors (Lipinski definition) is 7. The first kappa shape index (κ1) is 25.8. The maximum absolute atomic E-state index is 12.9. The molecule has 2 aliphatic heterocycles. The van der Waals surface area contributed by atoms with Crippen molar-refractivity contribution in [3.05, 3.63) is 41.7 Å². The first-order valence-electron chi connectivity index (χ1n) is 13.9. The van der Waals surface area contributed by atoms with Crippen LogP contribution in [0, 0.1) is 11.8 Å². The van der Waals surface area contributed by atoms with E-state index in [1.807, 2.05) is 4.90 Å². The molecule has 1 aromatic carbocycles. The summed E-state index contributed by atoms with van der Waals surface area (Å²) in [6, 6.07) is 9.04. The molecule has 3 aliphatic rings. The average molecular weight is 509 g/mol. The van der Waals surface area contributed by atoms with Crippen molar-refractivity contribution in [2.24, 2.45) is 11.8 Å². The highest BCUT2D eigenvalue weighted by molar-refractivity contribution is 5.81. The quantitative estimate of drug-likeness (QED) is 0.555. The van der Waals surface area contributed by atoms with Gasteiger partial charge in [-0.05, 0) is 74.1 Å². The highest BCUT2D eigenvalue weighted by Crippen LogP contribution is 2.33. The number of amides is 1. The van der Waals surface area contributed by atoms with E-state index in [0.717, 1.165) is 76.2 Å². The molecule has 2 unspecified atom stereocenters. The minimum Gasteiger partial charge on any atom is -0.493 e. The lowest BCUT2D eigenvalue weighted by Crippen LogP contribution is -2.41. The SMILES string of the molecule is CC(C)c1noc(N2CCC(COc3ccc(C4=CCC(C(=O)N5CCCC5CO)CC4)cc3)CC2)n1. The van der Waals surface area contributed by atoms with Gasteiger partial charge in [-0.3, -0.25) is 4.79 Å². The topological polar surface area (TPSA) is 91.9 Å². The molecule has 5 rings (SSSR count). The summed E-state index contributed by atoms with van der Waals surface area (Å²) in [5.41, 5.74) is 2.52. The van der Waals surface area contributed by atoms with Gasteiger partial charge in [0.25, 0.3) is 0 Å². The number of carbonyl (C=O) groups excluding carboxylic acids is 1. The number of piperidine rings is 1. The van der Waals surface area contributed by atoms with E-state index < -0.39 is 0 Å². The summed E-state index contributed by atoms with van der Waals surface area (Å²) in [5, 5.41) is 13.6. The molecular formula is C29H40N4O4. The fourth-order valence-electron chi connectivity index (χ4n) is 5.73. The molecule has 1 N–H and O–H groups in total. The van der Waals surface area contributed by atoms with Gasteiger partial charge in [0.2, 0.25) is 5.91 Å². The molecule has 3 heterocycles. The van der Waals surface area contributed by atoms with Crippen molar-refractivity contribution in [1.82, 2.24) is 15.0 Å². The smallest absolute Gasteiger partial charge is 0.324 e. The van der Waals surface area contributed by atoms with Crippen molar-refractivity contribution < 1.29 is 19.2 Å². The van der Waals surface area contributed by atoms with Gasteiger partial charge in [-0.2, -0.15) is 4.98 Å². The summed E-state index contributed by atoms with van der Waals surface area (Å²) >= 11 is 0. The third-order valence-corrected chi connectivity index (χ3v) is 8.17. The molecule has 8 nitrogen and oxygen atoms in total. The van der Waals surface area contributed by atoms with Gasteiger partial charge in [0, 0.05) is 31.5 Å². The molecule has 0 saturated carbocycles. The second-order valence-corrected chi connectivity index (χ2v) is 11.1. The largest absolute Gasteiger partial charge is 0.493 e. The zero-order valence-corrected chi connectivity index (χ0v) is 22.1. The number of aliphatic hydroxyl groups is 1. The fraction of sp³-hybridized carbons (Fsp3) is 0.621. The summed E-state index contributed by atoms with van der Waals surface area (Å²) in [6.07, 6.45) is 8.79. The number of benzene rings is 1. The first-order chi connectivity index (χ1) is 18.0. The number of likely N-dealkylation sites (tertiary alicyclic amines) is 1. The zero-order chi connectivity index (χ0) is 25.8. The van der Waals surface area contributed by atoms with Crippen LogP contribution in [0.3, 0.4) is 0 Å². The Morgan fingerprint density at radius 2 is 1.92 bits per heavy atom. The highest BCUT2D eigenvalue weighted by atomic mass is 16.5. The maximum atomic E-state index is 12.9. The lowest BCUT2D eigenvalue weighted by molar-refractivity contribution is -0.137. The summed E-state index contributed by atoms with van der Waals surface area (Å²) in [7, 11) is 0. The maximum Gasteiger partial charge on any atom is 0.324 e. The Morgan fingerprint density at radius 1 is 1.14 bits per heavy atom. The van der Waals surface area contributed by atoms with Crippen LogP contribution in [0.25, 0.3) is 5.57 Å². The Balaban J connectivity index is 1.07. The van der Waals surface area contributed by atoms with Crippen LogP contribution in [0.1, 0.15) is 76.1 Å². The second-order valence-electron chi connectivity index (χ2n) is 11.1. The molecule has 0 bridgehead atoms.